The molecule has 0 aromatic heterocycles. The van der Waals surface area contributed by atoms with Crippen molar-refractivity contribution in [1.29, 1.82) is 0 Å². The van der Waals surface area contributed by atoms with Gasteiger partial charge >= 0.3 is 0 Å². The van der Waals surface area contributed by atoms with Crippen LogP contribution >= 0.6 is 12.4 Å². The first-order valence-corrected chi connectivity index (χ1v) is 9.07. The van der Waals surface area contributed by atoms with E-state index in [9.17, 15) is 0 Å². The Hall–Kier alpha value is -1.01. The third-order valence-corrected chi connectivity index (χ3v) is 5.33. The molecule has 6 heteroatoms. The van der Waals surface area contributed by atoms with Crippen LogP contribution in [0.4, 0.5) is 0 Å². The van der Waals surface area contributed by atoms with E-state index in [1.807, 2.05) is 12.1 Å². The normalized spacial score (nSPS) is 26.1. The van der Waals surface area contributed by atoms with Gasteiger partial charge in [-0.25, -0.2) is 0 Å². The lowest BCUT2D eigenvalue weighted by atomic mass is 9.94. The molecule has 3 atom stereocenters. The second kappa shape index (κ2) is 10.2. The van der Waals surface area contributed by atoms with Crippen molar-refractivity contribution < 1.29 is 14.2 Å². The molecule has 3 unspecified atom stereocenters. The van der Waals surface area contributed by atoms with E-state index < -0.39 is 0 Å². The topological polar surface area (TPSA) is 51.8 Å². The summed E-state index contributed by atoms with van der Waals surface area (Å²) in [5.41, 5.74) is 1.22. The van der Waals surface area contributed by atoms with Crippen LogP contribution in [0.5, 0.6) is 11.5 Å². The van der Waals surface area contributed by atoms with Gasteiger partial charge in [0.25, 0.3) is 0 Å². The van der Waals surface area contributed by atoms with Crippen molar-refractivity contribution in [2.24, 2.45) is 5.92 Å². The average molecular weight is 371 g/mol. The molecule has 142 valence electrons. The Balaban J connectivity index is 0.00000225. The molecule has 1 saturated heterocycles. The van der Waals surface area contributed by atoms with Crippen molar-refractivity contribution in [2.75, 3.05) is 40.5 Å². The van der Waals surface area contributed by atoms with E-state index in [1.165, 1.54) is 24.8 Å². The summed E-state index contributed by atoms with van der Waals surface area (Å²) in [6.45, 7) is 3.65. The smallest absolute Gasteiger partial charge is 0.125 e. The first-order valence-electron chi connectivity index (χ1n) is 9.07. The molecule has 0 spiro atoms. The summed E-state index contributed by atoms with van der Waals surface area (Å²) in [7, 11) is 3.40. The summed E-state index contributed by atoms with van der Waals surface area (Å²) >= 11 is 0. The van der Waals surface area contributed by atoms with Gasteiger partial charge in [0, 0.05) is 24.7 Å². The molecule has 5 nitrogen and oxygen atoms in total. The zero-order chi connectivity index (χ0) is 16.8. The van der Waals surface area contributed by atoms with Gasteiger partial charge in [0.05, 0.1) is 27.4 Å². The van der Waals surface area contributed by atoms with E-state index in [1.54, 1.807) is 14.2 Å². The summed E-state index contributed by atoms with van der Waals surface area (Å²) in [5, 5.41) is 7.41. The highest BCUT2D eigenvalue weighted by atomic mass is 35.5. The largest absolute Gasteiger partial charge is 0.497 e. The predicted molar refractivity (Wildman–Crippen MR) is 102 cm³/mol. The number of halogens is 1. The Labute approximate surface area is 157 Å². The monoisotopic (exact) mass is 370 g/mol. The number of hydrogen-bond donors (Lipinski definition) is 2. The number of methoxy groups -OCH3 is 2. The van der Waals surface area contributed by atoms with Crippen molar-refractivity contribution in [2.45, 2.75) is 37.8 Å². The van der Waals surface area contributed by atoms with Gasteiger partial charge in [0.1, 0.15) is 11.5 Å². The van der Waals surface area contributed by atoms with E-state index in [-0.39, 0.29) is 12.4 Å². The van der Waals surface area contributed by atoms with Crippen LogP contribution in [0.25, 0.3) is 0 Å². The van der Waals surface area contributed by atoms with Crippen LogP contribution in [0.1, 0.15) is 24.8 Å². The highest BCUT2D eigenvalue weighted by molar-refractivity contribution is 5.85. The third-order valence-electron chi connectivity index (χ3n) is 5.33. The molecule has 1 aliphatic heterocycles. The minimum absolute atomic E-state index is 0. The fraction of sp³-hybridized carbons (Fsp3) is 0.684. The van der Waals surface area contributed by atoms with Gasteiger partial charge in [-0.1, -0.05) is 12.5 Å². The van der Waals surface area contributed by atoms with Crippen LogP contribution < -0.4 is 20.1 Å². The number of benzene rings is 1. The molecule has 2 aliphatic rings. The van der Waals surface area contributed by atoms with Gasteiger partial charge in [-0.3, -0.25) is 0 Å². The highest BCUT2D eigenvalue weighted by Gasteiger charge is 2.34. The van der Waals surface area contributed by atoms with Crippen LogP contribution in [0.2, 0.25) is 0 Å². The van der Waals surface area contributed by atoms with Crippen molar-refractivity contribution in [3.8, 4) is 11.5 Å². The van der Waals surface area contributed by atoms with Crippen molar-refractivity contribution in [3.63, 3.8) is 0 Å². The highest BCUT2D eigenvalue weighted by Crippen LogP contribution is 2.30. The molecule has 2 fully saturated rings. The van der Waals surface area contributed by atoms with Gasteiger partial charge in [-0.05, 0) is 43.4 Å². The maximum Gasteiger partial charge on any atom is 0.125 e. The lowest BCUT2D eigenvalue weighted by Crippen LogP contribution is -2.51. The van der Waals surface area contributed by atoms with E-state index in [4.69, 9.17) is 14.2 Å². The number of nitrogens with one attached hydrogen (secondary N) is 2. The number of ether oxygens (including phenoxy) is 3. The Morgan fingerprint density at radius 2 is 2.12 bits per heavy atom. The maximum atomic E-state index is 5.65. The van der Waals surface area contributed by atoms with Crippen LogP contribution in [-0.4, -0.2) is 52.6 Å². The molecule has 1 aromatic carbocycles. The Kier molecular flexibility index (Phi) is 8.30. The number of morpholine rings is 1. The van der Waals surface area contributed by atoms with Crippen molar-refractivity contribution in [3.05, 3.63) is 23.8 Å². The SMILES string of the molecule is COc1ccc(CCNC2CCCC2C2COCCN2)c(OC)c1.Cl. The summed E-state index contributed by atoms with van der Waals surface area (Å²) in [6, 6.07) is 7.15. The zero-order valence-electron chi connectivity index (χ0n) is 15.3. The standard InChI is InChI=1S/C19H30N2O3.ClH/c1-22-15-7-6-14(19(12-15)23-2)8-9-20-17-5-3-4-16(17)18-13-24-11-10-21-18;/h6-7,12,16-18,20-21H,3-5,8-11,13H2,1-2H3;1H. The quantitative estimate of drug-likeness (QED) is 0.772. The average Bonchev–Trinajstić information content (AvgIpc) is 3.11. The Morgan fingerprint density at radius 3 is 2.84 bits per heavy atom. The molecular formula is C19H31ClN2O3. The Morgan fingerprint density at radius 1 is 1.24 bits per heavy atom. The van der Waals surface area contributed by atoms with Gasteiger partial charge < -0.3 is 24.8 Å². The third kappa shape index (κ3) is 5.23. The summed E-state index contributed by atoms with van der Waals surface area (Å²) in [5.74, 6) is 2.42. The van der Waals surface area contributed by atoms with Crippen molar-refractivity contribution >= 4 is 12.4 Å². The lowest BCUT2D eigenvalue weighted by molar-refractivity contribution is 0.0526. The lowest BCUT2D eigenvalue weighted by Gasteiger charge is -2.33. The molecule has 1 aliphatic carbocycles. The van der Waals surface area contributed by atoms with E-state index in [0.717, 1.165) is 44.2 Å². The van der Waals surface area contributed by atoms with Gasteiger partial charge in [-0.15, -0.1) is 12.4 Å². The molecule has 1 heterocycles. The molecule has 2 N–H and O–H groups in total. The molecule has 0 radical (unpaired) electrons. The molecule has 3 rings (SSSR count). The molecule has 0 bridgehead atoms. The second-order valence-corrected chi connectivity index (χ2v) is 6.72. The van der Waals surface area contributed by atoms with Gasteiger partial charge in [0.2, 0.25) is 0 Å². The van der Waals surface area contributed by atoms with E-state index >= 15 is 0 Å². The number of rotatable bonds is 7. The minimum atomic E-state index is 0. The molecule has 1 aromatic rings. The first kappa shape index (κ1) is 20.3. The summed E-state index contributed by atoms with van der Waals surface area (Å²) in [4.78, 5) is 0. The van der Waals surface area contributed by atoms with Crippen LogP contribution in [-0.2, 0) is 11.2 Å². The van der Waals surface area contributed by atoms with Crippen LogP contribution in [0.3, 0.4) is 0 Å². The minimum Gasteiger partial charge on any atom is -0.497 e. The van der Waals surface area contributed by atoms with Gasteiger partial charge in [-0.2, -0.15) is 0 Å². The molecular weight excluding hydrogens is 340 g/mol. The summed E-state index contributed by atoms with van der Waals surface area (Å²) < 4.78 is 16.4. The van der Waals surface area contributed by atoms with E-state index in [2.05, 4.69) is 16.7 Å². The van der Waals surface area contributed by atoms with Gasteiger partial charge in [0.15, 0.2) is 0 Å². The zero-order valence-corrected chi connectivity index (χ0v) is 16.1. The fourth-order valence-corrected chi connectivity index (χ4v) is 4.04. The maximum absolute atomic E-state index is 5.65. The predicted octanol–water partition coefficient (Wildman–Crippen LogP) is 2.41. The van der Waals surface area contributed by atoms with Crippen LogP contribution in [0, 0.1) is 5.92 Å². The molecule has 1 saturated carbocycles. The van der Waals surface area contributed by atoms with Crippen molar-refractivity contribution in [1.82, 2.24) is 10.6 Å². The van der Waals surface area contributed by atoms with Crippen LogP contribution in [0.15, 0.2) is 18.2 Å². The first-order chi connectivity index (χ1) is 11.8. The second-order valence-electron chi connectivity index (χ2n) is 6.72. The van der Waals surface area contributed by atoms with E-state index in [0.29, 0.717) is 18.0 Å². The molecule has 0 amide bonds. The summed E-state index contributed by atoms with van der Waals surface area (Å²) in [6.07, 6.45) is 4.84. The number of hydrogen-bond acceptors (Lipinski definition) is 5. The Bertz CT molecular complexity index is 523. The fourth-order valence-electron chi connectivity index (χ4n) is 4.04. The molecule has 25 heavy (non-hydrogen) atoms.